The first kappa shape index (κ1) is 17.8. The van der Waals surface area contributed by atoms with Crippen LogP contribution in [-0.4, -0.2) is 60.9 Å². The molecule has 1 saturated heterocycles. The molecule has 2 rings (SSSR count). The van der Waals surface area contributed by atoms with E-state index in [1.165, 1.54) is 6.92 Å². The minimum absolute atomic E-state index is 0.00258. The summed E-state index contributed by atoms with van der Waals surface area (Å²) in [4.78, 5) is 38.7. The summed E-state index contributed by atoms with van der Waals surface area (Å²) < 4.78 is 0. The summed E-state index contributed by atoms with van der Waals surface area (Å²) in [7, 11) is 3.47. The Morgan fingerprint density at radius 2 is 1.83 bits per heavy atom. The van der Waals surface area contributed by atoms with E-state index in [1.807, 2.05) is 0 Å². The van der Waals surface area contributed by atoms with E-state index in [9.17, 15) is 14.4 Å². The lowest BCUT2D eigenvalue weighted by Gasteiger charge is -2.33. The van der Waals surface area contributed by atoms with Crippen LogP contribution in [0, 0.1) is 0 Å². The molecule has 0 aromatic heterocycles. The first-order valence-corrected chi connectivity index (χ1v) is 8.01. The van der Waals surface area contributed by atoms with Gasteiger partial charge in [0.15, 0.2) is 0 Å². The molecule has 1 fully saturated rings. The number of carbonyl (C=O) groups is 3. The van der Waals surface area contributed by atoms with Gasteiger partial charge in [0, 0.05) is 51.4 Å². The van der Waals surface area contributed by atoms with Gasteiger partial charge in [-0.1, -0.05) is 6.07 Å². The number of urea groups is 1. The second-order valence-corrected chi connectivity index (χ2v) is 6.17. The minimum Gasteiger partial charge on any atom is -0.349 e. The zero-order chi connectivity index (χ0) is 17.7. The molecule has 1 heterocycles. The van der Waals surface area contributed by atoms with Crippen molar-refractivity contribution in [2.24, 2.45) is 0 Å². The summed E-state index contributed by atoms with van der Waals surface area (Å²) in [5.41, 5.74) is 1.11. The first-order valence-electron chi connectivity index (χ1n) is 8.01. The number of rotatable bonds is 3. The van der Waals surface area contributed by atoms with Crippen LogP contribution in [0.25, 0.3) is 0 Å². The molecule has 7 heteroatoms. The highest BCUT2D eigenvalue weighted by molar-refractivity contribution is 5.96. The molecule has 1 aliphatic heterocycles. The van der Waals surface area contributed by atoms with Crippen LogP contribution in [-0.2, 0) is 4.79 Å². The van der Waals surface area contributed by atoms with Crippen LogP contribution >= 0.6 is 0 Å². The summed E-state index contributed by atoms with van der Waals surface area (Å²) in [6.07, 6.45) is 1.47. The third-order valence-electron chi connectivity index (χ3n) is 3.93. The van der Waals surface area contributed by atoms with Gasteiger partial charge in [0.1, 0.15) is 0 Å². The number of nitrogens with one attached hydrogen (secondary N) is 2. The van der Waals surface area contributed by atoms with Crippen molar-refractivity contribution in [3.63, 3.8) is 0 Å². The number of amides is 4. The Morgan fingerprint density at radius 1 is 1.17 bits per heavy atom. The van der Waals surface area contributed by atoms with Gasteiger partial charge < -0.3 is 20.4 Å². The molecule has 0 radical (unpaired) electrons. The van der Waals surface area contributed by atoms with Crippen molar-refractivity contribution < 1.29 is 14.4 Å². The van der Waals surface area contributed by atoms with Crippen LogP contribution in [0.3, 0.4) is 0 Å². The maximum absolute atomic E-state index is 12.4. The Hall–Kier alpha value is -2.57. The smallest absolute Gasteiger partial charge is 0.319 e. The van der Waals surface area contributed by atoms with E-state index >= 15 is 0 Å². The fourth-order valence-electron chi connectivity index (χ4n) is 2.71. The Morgan fingerprint density at radius 3 is 2.42 bits per heavy atom. The predicted molar refractivity (Wildman–Crippen MR) is 91.9 cm³/mol. The van der Waals surface area contributed by atoms with Gasteiger partial charge in [-0.2, -0.15) is 0 Å². The van der Waals surface area contributed by atoms with Crippen molar-refractivity contribution in [3.8, 4) is 0 Å². The lowest BCUT2D eigenvalue weighted by Crippen LogP contribution is -2.49. The predicted octanol–water partition coefficient (Wildman–Crippen LogP) is 1.52. The number of anilines is 1. The summed E-state index contributed by atoms with van der Waals surface area (Å²) in [5.74, 6) is -0.343. The van der Waals surface area contributed by atoms with E-state index in [-0.39, 0.29) is 23.9 Å². The van der Waals surface area contributed by atoms with Crippen molar-refractivity contribution >= 4 is 23.5 Å². The van der Waals surface area contributed by atoms with Crippen LogP contribution in [0.4, 0.5) is 10.5 Å². The molecule has 0 atom stereocenters. The van der Waals surface area contributed by atoms with Gasteiger partial charge >= 0.3 is 6.03 Å². The molecule has 1 aliphatic rings. The molecule has 0 saturated carbocycles. The average Bonchev–Trinajstić information content (AvgIpc) is 2.54. The number of hydrogen-bond acceptors (Lipinski definition) is 3. The molecular weight excluding hydrogens is 308 g/mol. The molecular formula is C17H24N4O3. The van der Waals surface area contributed by atoms with Crippen molar-refractivity contribution in [3.05, 3.63) is 29.8 Å². The Labute approximate surface area is 142 Å². The van der Waals surface area contributed by atoms with Crippen LogP contribution in [0.15, 0.2) is 24.3 Å². The number of piperidine rings is 1. The zero-order valence-electron chi connectivity index (χ0n) is 14.3. The normalized spacial score (nSPS) is 14.9. The van der Waals surface area contributed by atoms with E-state index in [4.69, 9.17) is 0 Å². The Balaban J connectivity index is 1.90. The topological polar surface area (TPSA) is 81.8 Å². The number of likely N-dealkylation sites (tertiary alicyclic amines) is 1. The van der Waals surface area contributed by atoms with E-state index in [0.29, 0.717) is 24.3 Å². The fraction of sp³-hybridized carbons (Fsp3) is 0.471. The zero-order valence-corrected chi connectivity index (χ0v) is 14.3. The molecule has 4 amide bonds. The highest BCUT2D eigenvalue weighted by atomic mass is 16.2. The number of carbonyl (C=O) groups excluding carboxylic acids is 3. The molecule has 7 nitrogen and oxygen atoms in total. The SMILES string of the molecule is CC(=O)Nc1cccc(C(=O)NC2CCN(C(=O)N(C)C)CC2)c1. The van der Waals surface area contributed by atoms with Crippen LogP contribution in [0.5, 0.6) is 0 Å². The monoisotopic (exact) mass is 332 g/mol. The van der Waals surface area contributed by atoms with E-state index in [1.54, 1.807) is 48.2 Å². The molecule has 0 bridgehead atoms. The molecule has 0 aliphatic carbocycles. The van der Waals surface area contributed by atoms with Crippen LogP contribution < -0.4 is 10.6 Å². The number of hydrogen-bond donors (Lipinski definition) is 2. The average molecular weight is 332 g/mol. The second kappa shape index (κ2) is 7.81. The molecule has 1 aromatic carbocycles. The van der Waals surface area contributed by atoms with Gasteiger partial charge in [-0.05, 0) is 31.0 Å². The second-order valence-electron chi connectivity index (χ2n) is 6.17. The molecule has 24 heavy (non-hydrogen) atoms. The van der Waals surface area contributed by atoms with E-state index < -0.39 is 0 Å². The number of benzene rings is 1. The third kappa shape index (κ3) is 4.71. The molecule has 2 N–H and O–H groups in total. The lowest BCUT2D eigenvalue weighted by atomic mass is 10.0. The molecule has 0 spiro atoms. The standard InChI is InChI=1S/C17H24N4O3/c1-12(22)18-15-6-4-5-13(11-15)16(23)19-14-7-9-21(10-8-14)17(24)20(2)3/h4-6,11,14H,7-10H2,1-3H3,(H,18,22)(H,19,23). The van der Waals surface area contributed by atoms with Gasteiger partial charge in [-0.25, -0.2) is 4.79 Å². The summed E-state index contributed by atoms with van der Waals surface area (Å²) >= 11 is 0. The van der Waals surface area contributed by atoms with Gasteiger partial charge in [0.2, 0.25) is 5.91 Å². The van der Waals surface area contributed by atoms with Crippen molar-refractivity contribution in [1.82, 2.24) is 15.1 Å². The molecule has 0 unspecified atom stereocenters. The largest absolute Gasteiger partial charge is 0.349 e. The van der Waals surface area contributed by atoms with Crippen LogP contribution in [0.1, 0.15) is 30.1 Å². The van der Waals surface area contributed by atoms with Crippen molar-refractivity contribution in [2.45, 2.75) is 25.8 Å². The molecule has 130 valence electrons. The maximum atomic E-state index is 12.4. The lowest BCUT2D eigenvalue weighted by molar-refractivity contribution is -0.114. The van der Waals surface area contributed by atoms with Gasteiger partial charge in [-0.15, -0.1) is 0 Å². The highest BCUT2D eigenvalue weighted by Crippen LogP contribution is 2.14. The fourth-order valence-corrected chi connectivity index (χ4v) is 2.71. The van der Waals surface area contributed by atoms with Gasteiger partial charge in [0.05, 0.1) is 0 Å². The Kier molecular flexibility index (Phi) is 5.78. The van der Waals surface area contributed by atoms with Gasteiger partial charge in [-0.3, -0.25) is 9.59 Å². The van der Waals surface area contributed by atoms with E-state index in [2.05, 4.69) is 10.6 Å². The third-order valence-corrected chi connectivity index (χ3v) is 3.93. The minimum atomic E-state index is -0.175. The number of nitrogens with zero attached hydrogens (tertiary/aromatic N) is 2. The first-order chi connectivity index (χ1) is 11.4. The van der Waals surface area contributed by atoms with Crippen molar-refractivity contribution in [1.29, 1.82) is 0 Å². The Bertz CT molecular complexity index is 622. The van der Waals surface area contributed by atoms with Crippen molar-refractivity contribution in [2.75, 3.05) is 32.5 Å². The van der Waals surface area contributed by atoms with Crippen LogP contribution in [0.2, 0.25) is 0 Å². The summed E-state index contributed by atoms with van der Waals surface area (Å²) in [6, 6.07) is 6.89. The quantitative estimate of drug-likeness (QED) is 0.880. The summed E-state index contributed by atoms with van der Waals surface area (Å²) in [6.45, 7) is 2.69. The maximum Gasteiger partial charge on any atom is 0.319 e. The summed E-state index contributed by atoms with van der Waals surface area (Å²) in [5, 5.41) is 5.67. The molecule has 1 aromatic rings. The van der Waals surface area contributed by atoms with Gasteiger partial charge in [0.25, 0.3) is 5.91 Å². The van der Waals surface area contributed by atoms with E-state index in [0.717, 1.165) is 12.8 Å². The highest BCUT2D eigenvalue weighted by Gasteiger charge is 2.24.